The lowest BCUT2D eigenvalue weighted by Crippen LogP contribution is -2.15. The summed E-state index contributed by atoms with van der Waals surface area (Å²) in [5.41, 5.74) is 11.9. The first-order chi connectivity index (χ1) is 6.15. The summed E-state index contributed by atoms with van der Waals surface area (Å²) in [6, 6.07) is 4.36. The van der Waals surface area contributed by atoms with Crippen molar-refractivity contribution in [3.8, 4) is 11.5 Å². The number of rotatable bonds is 3. The first-order valence-corrected chi connectivity index (χ1v) is 4.12. The van der Waals surface area contributed by atoms with E-state index in [4.69, 9.17) is 16.6 Å². The van der Waals surface area contributed by atoms with Crippen LogP contribution in [0.5, 0.6) is 11.5 Å². The minimum Gasteiger partial charge on any atom is -0.504 e. The maximum Gasteiger partial charge on any atom is 0.157 e. The Morgan fingerprint density at radius 2 is 1.92 bits per heavy atom. The Hall–Kier alpha value is -1.26. The second-order valence-corrected chi connectivity index (χ2v) is 2.93. The normalized spacial score (nSPS) is 12.8. The van der Waals surface area contributed by atoms with Crippen molar-refractivity contribution in [1.82, 2.24) is 0 Å². The van der Waals surface area contributed by atoms with Gasteiger partial charge in [-0.25, -0.2) is 0 Å². The van der Waals surface area contributed by atoms with E-state index in [0.29, 0.717) is 13.0 Å². The quantitative estimate of drug-likeness (QED) is 0.510. The smallest absolute Gasteiger partial charge is 0.157 e. The zero-order valence-corrected chi connectivity index (χ0v) is 7.27. The Bertz CT molecular complexity index is 289. The molecule has 1 atom stereocenters. The van der Waals surface area contributed by atoms with Crippen LogP contribution in [0.25, 0.3) is 0 Å². The molecule has 0 radical (unpaired) electrons. The van der Waals surface area contributed by atoms with Crippen molar-refractivity contribution in [2.24, 2.45) is 11.5 Å². The molecule has 0 heterocycles. The van der Waals surface area contributed by atoms with E-state index >= 15 is 0 Å². The molecule has 4 heteroatoms. The molecular weight excluding hydrogens is 168 g/mol. The standard InChI is InChI=1S/C9H14N2O2/c10-4-3-7(11)6-1-2-8(12)9(13)5-6/h1-2,5,7,12-13H,3-4,10-11H2/t7-/m0/s1. The van der Waals surface area contributed by atoms with Gasteiger partial charge in [-0.1, -0.05) is 6.07 Å². The van der Waals surface area contributed by atoms with Gasteiger partial charge in [-0.2, -0.15) is 0 Å². The number of nitrogens with two attached hydrogens (primary N) is 2. The van der Waals surface area contributed by atoms with E-state index in [2.05, 4.69) is 0 Å². The molecule has 0 fully saturated rings. The van der Waals surface area contributed by atoms with E-state index < -0.39 is 0 Å². The summed E-state index contributed by atoms with van der Waals surface area (Å²) in [7, 11) is 0. The topological polar surface area (TPSA) is 92.5 Å². The number of benzene rings is 1. The highest BCUT2D eigenvalue weighted by atomic mass is 16.3. The molecule has 1 aromatic rings. The molecule has 0 spiro atoms. The molecule has 6 N–H and O–H groups in total. The van der Waals surface area contributed by atoms with Crippen LogP contribution in [-0.4, -0.2) is 16.8 Å². The summed E-state index contributed by atoms with van der Waals surface area (Å²) >= 11 is 0. The second-order valence-electron chi connectivity index (χ2n) is 2.93. The molecular formula is C9H14N2O2. The Labute approximate surface area is 76.8 Å². The molecule has 4 nitrogen and oxygen atoms in total. The van der Waals surface area contributed by atoms with Gasteiger partial charge in [0.05, 0.1) is 0 Å². The summed E-state index contributed by atoms with van der Waals surface area (Å²) in [5, 5.41) is 18.2. The number of hydrogen-bond acceptors (Lipinski definition) is 4. The van der Waals surface area contributed by atoms with E-state index in [1.165, 1.54) is 12.1 Å². The minimum atomic E-state index is -0.184. The first-order valence-electron chi connectivity index (χ1n) is 4.12. The molecule has 1 aromatic carbocycles. The van der Waals surface area contributed by atoms with Gasteiger partial charge in [-0.05, 0) is 30.7 Å². The van der Waals surface area contributed by atoms with E-state index in [9.17, 15) is 5.11 Å². The lowest BCUT2D eigenvalue weighted by Gasteiger charge is -2.10. The highest BCUT2D eigenvalue weighted by Gasteiger charge is 2.07. The predicted octanol–water partition coefficient (Wildman–Crippen LogP) is 0.446. The van der Waals surface area contributed by atoms with Gasteiger partial charge >= 0.3 is 0 Å². The average Bonchev–Trinajstić information content (AvgIpc) is 2.10. The Morgan fingerprint density at radius 3 is 2.46 bits per heavy atom. The van der Waals surface area contributed by atoms with Crippen molar-refractivity contribution in [1.29, 1.82) is 0 Å². The lowest BCUT2D eigenvalue weighted by molar-refractivity contribution is 0.402. The molecule has 0 amide bonds. The Kier molecular flexibility index (Phi) is 3.11. The third kappa shape index (κ3) is 2.34. The molecule has 0 saturated carbocycles. The maximum atomic E-state index is 9.18. The lowest BCUT2D eigenvalue weighted by atomic mass is 10.0. The molecule has 0 bridgehead atoms. The van der Waals surface area contributed by atoms with Gasteiger partial charge in [0.2, 0.25) is 0 Å². The van der Waals surface area contributed by atoms with Crippen LogP contribution in [0.3, 0.4) is 0 Å². The van der Waals surface area contributed by atoms with Gasteiger partial charge in [0, 0.05) is 6.04 Å². The van der Waals surface area contributed by atoms with E-state index in [-0.39, 0.29) is 17.5 Å². The van der Waals surface area contributed by atoms with Crippen molar-refractivity contribution in [2.75, 3.05) is 6.54 Å². The largest absolute Gasteiger partial charge is 0.504 e. The molecule has 1 rings (SSSR count). The molecule has 0 saturated heterocycles. The maximum absolute atomic E-state index is 9.18. The number of aromatic hydroxyl groups is 2. The van der Waals surface area contributed by atoms with Crippen LogP contribution in [0.15, 0.2) is 18.2 Å². The van der Waals surface area contributed by atoms with Crippen LogP contribution in [0.2, 0.25) is 0 Å². The summed E-state index contributed by atoms with van der Waals surface area (Å²) in [5.74, 6) is -0.284. The predicted molar refractivity (Wildman–Crippen MR) is 50.4 cm³/mol. The van der Waals surface area contributed by atoms with Crippen LogP contribution in [0.4, 0.5) is 0 Å². The number of phenolic OH excluding ortho intramolecular Hbond substituents is 2. The molecule has 0 aliphatic heterocycles. The summed E-state index contributed by atoms with van der Waals surface area (Å²) in [6.07, 6.45) is 0.657. The van der Waals surface area contributed by atoms with Gasteiger partial charge in [0.25, 0.3) is 0 Å². The monoisotopic (exact) mass is 182 g/mol. The van der Waals surface area contributed by atoms with Gasteiger partial charge in [-0.15, -0.1) is 0 Å². The summed E-state index contributed by atoms with van der Waals surface area (Å²) in [4.78, 5) is 0. The zero-order chi connectivity index (χ0) is 9.84. The van der Waals surface area contributed by atoms with Crippen LogP contribution >= 0.6 is 0 Å². The van der Waals surface area contributed by atoms with Crippen molar-refractivity contribution < 1.29 is 10.2 Å². The number of hydrogen-bond donors (Lipinski definition) is 4. The van der Waals surface area contributed by atoms with Gasteiger partial charge in [0.1, 0.15) is 0 Å². The fraction of sp³-hybridized carbons (Fsp3) is 0.333. The molecule has 72 valence electrons. The van der Waals surface area contributed by atoms with Crippen LogP contribution < -0.4 is 11.5 Å². The van der Waals surface area contributed by atoms with Gasteiger partial charge < -0.3 is 21.7 Å². The third-order valence-corrected chi connectivity index (χ3v) is 1.91. The molecule has 0 aromatic heterocycles. The fourth-order valence-electron chi connectivity index (χ4n) is 1.12. The van der Waals surface area contributed by atoms with Crippen molar-refractivity contribution in [2.45, 2.75) is 12.5 Å². The molecule has 0 unspecified atom stereocenters. The number of phenols is 2. The Morgan fingerprint density at radius 1 is 1.23 bits per heavy atom. The molecule has 0 aliphatic carbocycles. The van der Waals surface area contributed by atoms with E-state index in [1.54, 1.807) is 6.07 Å². The SMILES string of the molecule is NCC[C@H](N)c1ccc(O)c(O)c1. The van der Waals surface area contributed by atoms with Crippen molar-refractivity contribution in [3.05, 3.63) is 23.8 Å². The van der Waals surface area contributed by atoms with Crippen molar-refractivity contribution >= 4 is 0 Å². The zero-order valence-electron chi connectivity index (χ0n) is 7.27. The second kappa shape index (κ2) is 4.11. The first kappa shape index (κ1) is 9.83. The summed E-state index contributed by atoms with van der Waals surface area (Å²) < 4.78 is 0. The van der Waals surface area contributed by atoms with Crippen LogP contribution in [-0.2, 0) is 0 Å². The fourth-order valence-corrected chi connectivity index (χ4v) is 1.12. The molecule has 13 heavy (non-hydrogen) atoms. The van der Waals surface area contributed by atoms with E-state index in [1.807, 2.05) is 0 Å². The summed E-state index contributed by atoms with van der Waals surface area (Å²) in [6.45, 7) is 0.503. The minimum absolute atomic E-state index is 0.135. The highest BCUT2D eigenvalue weighted by molar-refractivity contribution is 5.41. The average molecular weight is 182 g/mol. The Balaban J connectivity index is 2.84. The van der Waals surface area contributed by atoms with Crippen LogP contribution in [0.1, 0.15) is 18.0 Å². The third-order valence-electron chi connectivity index (χ3n) is 1.91. The highest BCUT2D eigenvalue weighted by Crippen LogP contribution is 2.27. The van der Waals surface area contributed by atoms with Gasteiger partial charge in [-0.3, -0.25) is 0 Å². The van der Waals surface area contributed by atoms with E-state index in [0.717, 1.165) is 5.56 Å². The van der Waals surface area contributed by atoms with Crippen LogP contribution in [0, 0.1) is 0 Å². The molecule has 0 aliphatic rings. The van der Waals surface area contributed by atoms with Gasteiger partial charge in [0.15, 0.2) is 11.5 Å². The van der Waals surface area contributed by atoms with Crippen molar-refractivity contribution in [3.63, 3.8) is 0 Å².